The molecule has 0 saturated carbocycles. The summed E-state index contributed by atoms with van der Waals surface area (Å²) in [7, 11) is 0. The number of nitrogens with one attached hydrogen (secondary N) is 1. The number of amides is 1. The van der Waals surface area contributed by atoms with Gasteiger partial charge >= 0.3 is 0 Å². The van der Waals surface area contributed by atoms with Crippen molar-refractivity contribution in [2.75, 3.05) is 11.1 Å². The molecule has 1 amide bonds. The number of nitrogens with zero attached hydrogens (tertiary/aromatic N) is 1. The third-order valence-electron chi connectivity index (χ3n) is 1.82. The number of carbonyl (C=O) groups is 1. The molecule has 0 radical (unpaired) electrons. The Kier molecular flexibility index (Phi) is 2.62. The van der Waals surface area contributed by atoms with Gasteiger partial charge in [-0.2, -0.15) is 0 Å². The third-order valence-corrected chi connectivity index (χ3v) is 3.18. The van der Waals surface area contributed by atoms with E-state index in [0.29, 0.717) is 22.3 Å². The quantitative estimate of drug-likeness (QED) is 0.760. The summed E-state index contributed by atoms with van der Waals surface area (Å²) >= 11 is 7.36. The molecule has 2 rings (SSSR count). The molecule has 1 aromatic rings. The first-order valence-corrected chi connectivity index (χ1v) is 5.39. The molecular weight excluding hydrogens is 222 g/mol. The van der Waals surface area contributed by atoms with Gasteiger partial charge in [0.15, 0.2) is 0 Å². The Balaban J connectivity index is 2.46. The van der Waals surface area contributed by atoms with Crippen LogP contribution in [-0.4, -0.2) is 16.6 Å². The Morgan fingerprint density at radius 1 is 1.71 bits per heavy atom. The Labute approximate surface area is 90.2 Å². The lowest BCUT2D eigenvalue weighted by atomic mass is 10.3. The minimum Gasteiger partial charge on any atom is -0.325 e. The largest absolute Gasteiger partial charge is 0.325 e. The molecular formula is C8H8ClN3OS. The molecule has 3 N–H and O–H groups in total. The van der Waals surface area contributed by atoms with Gasteiger partial charge < -0.3 is 11.1 Å². The Morgan fingerprint density at radius 2 is 2.50 bits per heavy atom. The molecule has 74 valence electrons. The minimum absolute atomic E-state index is 0.0414. The molecule has 1 aliphatic heterocycles. The molecule has 0 atom stereocenters. The Hall–Kier alpha value is -0.780. The van der Waals surface area contributed by atoms with Crippen molar-refractivity contribution in [3.8, 4) is 0 Å². The monoisotopic (exact) mass is 229 g/mol. The van der Waals surface area contributed by atoms with Crippen LogP contribution in [0.15, 0.2) is 11.0 Å². The van der Waals surface area contributed by atoms with Crippen LogP contribution < -0.4 is 11.1 Å². The summed E-state index contributed by atoms with van der Waals surface area (Å²) in [5, 5.41) is 3.23. The van der Waals surface area contributed by atoms with Crippen LogP contribution in [0.2, 0.25) is 5.02 Å². The van der Waals surface area contributed by atoms with Gasteiger partial charge in [0.2, 0.25) is 5.91 Å². The van der Waals surface area contributed by atoms with Crippen LogP contribution in [0.1, 0.15) is 5.69 Å². The van der Waals surface area contributed by atoms with Crippen molar-refractivity contribution >= 4 is 35.1 Å². The standard InChI is InChI=1S/C8H8ClN3OS/c9-4-1-6-8(11-5(4)2-10)12-7(13)3-14-6/h1H,2-3,10H2,(H,11,12,13). The van der Waals surface area contributed by atoms with Crippen LogP contribution in [0.4, 0.5) is 5.82 Å². The highest BCUT2D eigenvalue weighted by molar-refractivity contribution is 8.00. The Bertz CT molecular complexity index is 396. The van der Waals surface area contributed by atoms with E-state index >= 15 is 0 Å². The minimum atomic E-state index is -0.0414. The van der Waals surface area contributed by atoms with Crippen molar-refractivity contribution in [2.24, 2.45) is 5.73 Å². The topological polar surface area (TPSA) is 68.0 Å². The maximum absolute atomic E-state index is 11.1. The number of halogens is 1. The van der Waals surface area contributed by atoms with E-state index in [1.807, 2.05) is 0 Å². The first-order valence-electron chi connectivity index (χ1n) is 4.03. The molecule has 0 spiro atoms. The van der Waals surface area contributed by atoms with Crippen LogP contribution in [0.3, 0.4) is 0 Å². The van der Waals surface area contributed by atoms with E-state index in [1.165, 1.54) is 11.8 Å². The average Bonchev–Trinajstić information content (AvgIpc) is 2.17. The number of nitrogens with two attached hydrogens (primary N) is 1. The second-order valence-corrected chi connectivity index (χ2v) is 4.23. The summed E-state index contributed by atoms with van der Waals surface area (Å²) in [4.78, 5) is 16.1. The van der Waals surface area contributed by atoms with Gasteiger partial charge in [0.1, 0.15) is 5.82 Å². The fourth-order valence-electron chi connectivity index (χ4n) is 1.16. The predicted molar refractivity (Wildman–Crippen MR) is 56.5 cm³/mol. The fourth-order valence-corrected chi connectivity index (χ4v) is 2.25. The molecule has 0 fully saturated rings. The summed E-state index contributed by atoms with van der Waals surface area (Å²) < 4.78 is 0. The van der Waals surface area contributed by atoms with Gasteiger partial charge in [-0.05, 0) is 6.07 Å². The molecule has 1 aliphatic rings. The second kappa shape index (κ2) is 3.76. The van der Waals surface area contributed by atoms with Gasteiger partial charge in [-0.3, -0.25) is 4.79 Å². The smallest absolute Gasteiger partial charge is 0.235 e. The highest BCUT2D eigenvalue weighted by Gasteiger charge is 2.18. The first kappa shape index (κ1) is 9.76. The third kappa shape index (κ3) is 1.70. The number of carbonyl (C=O) groups excluding carboxylic acids is 1. The molecule has 0 saturated heterocycles. The number of hydrogen-bond donors (Lipinski definition) is 2. The number of aromatic nitrogens is 1. The zero-order valence-electron chi connectivity index (χ0n) is 7.21. The van der Waals surface area contributed by atoms with Crippen LogP contribution in [-0.2, 0) is 11.3 Å². The summed E-state index contributed by atoms with van der Waals surface area (Å²) in [6, 6.07) is 1.79. The van der Waals surface area contributed by atoms with E-state index in [4.69, 9.17) is 17.3 Å². The van der Waals surface area contributed by atoms with E-state index in [0.717, 1.165) is 4.90 Å². The lowest BCUT2D eigenvalue weighted by Crippen LogP contribution is -2.20. The molecule has 6 heteroatoms. The van der Waals surface area contributed by atoms with E-state index in [9.17, 15) is 4.79 Å². The van der Waals surface area contributed by atoms with Crippen LogP contribution in [0.25, 0.3) is 0 Å². The summed E-state index contributed by atoms with van der Waals surface area (Å²) in [6.07, 6.45) is 0. The van der Waals surface area contributed by atoms with Crippen molar-refractivity contribution < 1.29 is 4.79 Å². The van der Waals surface area contributed by atoms with Gasteiger partial charge in [0, 0.05) is 6.54 Å². The summed E-state index contributed by atoms with van der Waals surface area (Å²) in [5.74, 6) is 0.934. The maximum atomic E-state index is 11.1. The summed E-state index contributed by atoms with van der Waals surface area (Å²) in [5.41, 5.74) is 6.06. The van der Waals surface area contributed by atoms with E-state index in [1.54, 1.807) is 6.07 Å². The number of pyridine rings is 1. The van der Waals surface area contributed by atoms with Crippen molar-refractivity contribution in [3.05, 3.63) is 16.8 Å². The molecule has 1 aromatic heterocycles. The number of rotatable bonds is 1. The second-order valence-electron chi connectivity index (χ2n) is 2.80. The molecule has 0 aliphatic carbocycles. The maximum Gasteiger partial charge on any atom is 0.235 e. The average molecular weight is 230 g/mol. The zero-order valence-corrected chi connectivity index (χ0v) is 8.78. The molecule has 14 heavy (non-hydrogen) atoms. The normalized spacial score (nSPS) is 14.9. The lowest BCUT2D eigenvalue weighted by Gasteiger charge is -2.16. The Morgan fingerprint density at radius 3 is 3.21 bits per heavy atom. The van der Waals surface area contributed by atoms with Crippen molar-refractivity contribution in [1.82, 2.24) is 4.98 Å². The molecule has 4 nitrogen and oxygen atoms in total. The highest BCUT2D eigenvalue weighted by Crippen LogP contribution is 2.32. The fraction of sp³-hybridized carbons (Fsp3) is 0.250. The predicted octanol–water partition coefficient (Wildman–Crippen LogP) is 1.24. The van der Waals surface area contributed by atoms with Gasteiger partial charge in [-0.15, -0.1) is 11.8 Å². The number of anilines is 1. The highest BCUT2D eigenvalue weighted by atomic mass is 35.5. The van der Waals surface area contributed by atoms with Crippen molar-refractivity contribution in [1.29, 1.82) is 0 Å². The van der Waals surface area contributed by atoms with Gasteiger partial charge in [0.05, 0.1) is 21.4 Å². The van der Waals surface area contributed by atoms with Gasteiger partial charge in [-0.1, -0.05) is 11.6 Å². The lowest BCUT2D eigenvalue weighted by molar-refractivity contribution is -0.113. The first-order chi connectivity index (χ1) is 6.70. The van der Waals surface area contributed by atoms with Crippen LogP contribution >= 0.6 is 23.4 Å². The van der Waals surface area contributed by atoms with Crippen LogP contribution in [0, 0.1) is 0 Å². The zero-order chi connectivity index (χ0) is 10.1. The summed E-state index contributed by atoms with van der Waals surface area (Å²) in [6.45, 7) is 0.270. The van der Waals surface area contributed by atoms with E-state index in [2.05, 4.69) is 10.3 Å². The molecule has 0 unspecified atom stereocenters. The van der Waals surface area contributed by atoms with E-state index < -0.39 is 0 Å². The van der Waals surface area contributed by atoms with Crippen molar-refractivity contribution in [3.63, 3.8) is 0 Å². The number of fused-ring (bicyclic) bond motifs is 1. The van der Waals surface area contributed by atoms with Crippen LogP contribution in [0.5, 0.6) is 0 Å². The molecule has 2 heterocycles. The number of hydrogen-bond acceptors (Lipinski definition) is 4. The van der Waals surface area contributed by atoms with Gasteiger partial charge in [0.25, 0.3) is 0 Å². The molecule has 0 bridgehead atoms. The van der Waals surface area contributed by atoms with Crippen molar-refractivity contribution in [2.45, 2.75) is 11.4 Å². The van der Waals surface area contributed by atoms with E-state index in [-0.39, 0.29) is 12.5 Å². The SMILES string of the molecule is NCc1nc2c(cc1Cl)SCC(=O)N2. The number of thioether (sulfide) groups is 1. The molecule has 0 aromatic carbocycles. The van der Waals surface area contributed by atoms with Gasteiger partial charge in [-0.25, -0.2) is 4.98 Å².